The number of pyridine rings is 1. The van der Waals surface area contributed by atoms with Crippen molar-refractivity contribution in [2.75, 3.05) is 38.7 Å². The van der Waals surface area contributed by atoms with Crippen molar-refractivity contribution in [2.45, 2.75) is 6.92 Å². The molecule has 0 atom stereocenters. The number of hydrogen-bond acceptors (Lipinski definition) is 4. The number of benzene rings is 1. The summed E-state index contributed by atoms with van der Waals surface area (Å²) >= 11 is 0. The highest BCUT2D eigenvalue weighted by molar-refractivity contribution is 6.00. The summed E-state index contributed by atoms with van der Waals surface area (Å²) in [6, 6.07) is 7.75. The number of H-pyrrole nitrogens is 1. The van der Waals surface area contributed by atoms with E-state index in [0.717, 1.165) is 33.4 Å². The number of nitrogens with one attached hydrogen (secondary N) is 2. The van der Waals surface area contributed by atoms with Crippen LogP contribution in [0, 0.1) is 6.92 Å². The molecule has 1 saturated heterocycles. The van der Waals surface area contributed by atoms with E-state index in [0.29, 0.717) is 31.9 Å². The molecule has 3 heterocycles. The average Bonchev–Trinajstić information content (AvgIpc) is 3.08. The number of carbonyl (C=O) groups excluding carboxylic acids is 1. The molecule has 26 heavy (non-hydrogen) atoms. The summed E-state index contributed by atoms with van der Waals surface area (Å²) in [4.78, 5) is 22.2. The summed E-state index contributed by atoms with van der Waals surface area (Å²) in [6.07, 6.45) is 3.83. The summed E-state index contributed by atoms with van der Waals surface area (Å²) in [6.45, 7) is 4.58. The van der Waals surface area contributed by atoms with Crippen LogP contribution < -0.4 is 5.32 Å². The molecule has 0 aliphatic carbocycles. The Labute approximate surface area is 152 Å². The topological polar surface area (TPSA) is 70.2 Å². The first-order valence-corrected chi connectivity index (χ1v) is 8.81. The normalized spacial score (nSPS) is 14.6. The van der Waals surface area contributed by atoms with Gasteiger partial charge in [0, 0.05) is 49.0 Å². The fourth-order valence-corrected chi connectivity index (χ4v) is 3.47. The van der Waals surface area contributed by atoms with Crippen LogP contribution in [0.5, 0.6) is 0 Å². The van der Waals surface area contributed by atoms with Crippen LogP contribution in [0.2, 0.25) is 0 Å². The third-order valence-corrected chi connectivity index (χ3v) is 4.89. The van der Waals surface area contributed by atoms with Crippen LogP contribution in [0.4, 0.5) is 5.69 Å². The zero-order valence-electron chi connectivity index (χ0n) is 15.0. The van der Waals surface area contributed by atoms with E-state index >= 15 is 0 Å². The highest BCUT2D eigenvalue weighted by Gasteiger charge is 2.19. The van der Waals surface area contributed by atoms with Crippen LogP contribution >= 0.6 is 0 Å². The molecule has 2 N–H and O–H groups in total. The maximum Gasteiger partial charge on any atom is 0.254 e. The third-order valence-electron chi connectivity index (χ3n) is 4.89. The Morgan fingerprint density at radius 2 is 1.96 bits per heavy atom. The van der Waals surface area contributed by atoms with E-state index in [9.17, 15) is 4.79 Å². The summed E-state index contributed by atoms with van der Waals surface area (Å²) in [5.74, 6) is 0.0590. The molecule has 1 fully saturated rings. The number of carbonyl (C=O) groups is 1. The van der Waals surface area contributed by atoms with Crippen molar-refractivity contribution in [3.05, 3.63) is 47.8 Å². The van der Waals surface area contributed by atoms with Gasteiger partial charge < -0.3 is 19.9 Å². The number of nitrogens with zero attached hydrogens (tertiary/aromatic N) is 2. The molecule has 6 heteroatoms. The zero-order chi connectivity index (χ0) is 18.1. The molecule has 1 aromatic carbocycles. The highest BCUT2D eigenvalue weighted by Crippen LogP contribution is 2.34. The van der Waals surface area contributed by atoms with Gasteiger partial charge in [-0.3, -0.25) is 4.79 Å². The molecule has 3 aromatic rings. The molecule has 0 unspecified atom stereocenters. The lowest BCUT2D eigenvalue weighted by Crippen LogP contribution is -2.40. The molecule has 0 bridgehead atoms. The van der Waals surface area contributed by atoms with Gasteiger partial charge in [0.1, 0.15) is 5.65 Å². The molecule has 4 rings (SSSR count). The minimum atomic E-state index is 0.0590. The van der Waals surface area contributed by atoms with Crippen LogP contribution in [-0.4, -0.2) is 54.1 Å². The van der Waals surface area contributed by atoms with Crippen LogP contribution in [0.1, 0.15) is 15.9 Å². The molecular formula is C20H22N4O2. The smallest absolute Gasteiger partial charge is 0.254 e. The number of aromatic amines is 1. The molecule has 1 aliphatic rings. The molecule has 1 aliphatic heterocycles. The average molecular weight is 350 g/mol. The van der Waals surface area contributed by atoms with Crippen molar-refractivity contribution in [2.24, 2.45) is 0 Å². The number of anilines is 1. The number of morpholine rings is 1. The fraction of sp³-hybridized carbons (Fsp3) is 0.300. The number of hydrogen-bond donors (Lipinski definition) is 2. The largest absolute Gasteiger partial charge is 0.387 e. The first-order chi connectivity index (χ1) is 12.7. The van der Waals surface area contributed by atoms with Gasteiger partial charge in [-0.15, -0.1) is 0 Å². The number of fused-ring (bicyclic) bond motifs is 1. The quantitative estimate of drug-likeness (QED) is 0.762. The molecule has 0 spiro atoms. The molecule has 0 radical (unpaired) electrons. The highest BCUT2D eigenvalue weighted by atomic mass is 16.5. The van der Waals surface area contributed by atoms with Gasteiger partial charge in [-0.2, -0.15) is 0 Å². The van der Waals surface area contributed by atoms with Crippen LogP contribution in [-0.2, 0) is 4.74 Å². The van der Waals surface area contributed by atoms with Crippen molar-refractivity contribution in [3.8, 4) is 11.1 Å². The van der Waals surface area contributed by atoms with E-state index in [2.05, 4.69) is 22.2 Å². The lowest BCUT2D eigenvalue weighted by atomic mass is 10.0. The van der Waals surface area contributed by atoms with E-state index in [4.69, 9.17) is 4.74 Å². The number of rotatable bonds is 3. The van der Waals surface area contributed by atoms with Crippen molar-refractivity contribution < 1.29 is 9.53 Å². The van der Waals surface area contributed by atoms with E-state index in [1.54, 1.807) is 0 Å². The second-order valence-corrected chi connectivity index (χ2v) is 6.47. The summed E-state index contributed by atoms with van der Waals surface area (Å²) in [5, 5.41) is 4.40. The summed E-state index contributed by atoms with van der Waals surface area (Å²) in [5.41, 5.74) is 5.82. The molecule has 2 aromatic heterocycles. The van der Waals surface area contributed by atoms with Gasteiger partial charge in [0.25, 0.3) is 5.91 Å². The van der Waals surface area contributed by atoms with Crippen molar-refractivity contribution in [3.63, 3.8) is 0 Å². The minimum absolute atomic E-state index is 0.0590. The van der Waals surface area contributed by atoms with E-state index in [1.807, 2.05) is 48.6 Å². The lowest BCUT2D eigenvalue weighted by Gasteiger charge is -2.26. The van der Waals surface area contributed by atoms with Gasteiger partial charge in [-0.1, -0.05) is 12.1 Å². The van der Waals surface area contributed by atoms with Gasteiger partial charge in [0.05, 0.1) is 18.9 Å². The number of ether oxygens (including phenoxy) is 1. The molecule has 1 amide bonds. The van der Waals surface area contributed by atoms with Crippen LogP contribution in [0.15, 0.2) is 36.7 Å². The van der Waals surface area contributed by atoms with Gasteiger partial charge in [-0.25, -0.2) is 4.98 Å². The second kappa shape index (κ2) is 6.80. The monoisotopic (exact) mass is 350 g/mol. The van der Waals surface area contributed by atoms with Gasteiger partial charge >= 0.3 is 0 Å². The Kier molecular flexibility index (Phi) is 4.34. The molecule has 0 saturated carbocycles. The standard InChI is InChI=1S/C20H22N4O2/c1-13-11-22-19-17(13)18(21-2)16(12-23-19)14-3-5-15(6-4-14)20(25)24-7-9-26-10-8-24/h3-6,11-12H,7-10H2,1-2H3,(H2,21,22,23). The Bertz CT molecular complexity index is 940. The molecular weight excluding hydrogens is 328 g/mol. The Morgan fingerprint density at radius 3 is 2.65 bits per heavy atom. The molecule has 6 nitrogen and oxygen atoms in total. The van der Waals surface area contributed by atoms with Gasteiger partial charge in [0.15, 0.2) is 0 Å². The first kappa shape index (κ1) is 16.6. The van der Waals surface area contributed by atoms with Crippen molar-refractivity contribution in [1.82, 2.24) is 14.9 Å². The van der Waals surface area contributed by atoms with Crippen molar-refractivity contribution >= 4 is 22.6 Å². The van der Waals surface area contributed by atoms with E-state index < -0.39 is 0 Å². The number of amides is 1. The van der Waals surface area contributed by atoms with Gasteiger partial charge in [0.2, 0.25) is 0 Å². The Morgan fingerprint density at radius 1 is 1.23 bits per heavy atom. The van der Waals surface area contributed by atoms with E-state index in [1.165, 1.54) is 0 Å². The minimum Gasteiger partial charge on any atom is -0.387 e. The third kappa shape index (κ3) is 2.82. The predicted molar refractivity (Wildman–Crippen MR) is 103 cm³/mol. The number of aryl methyl sites for hydroxylation is 1. The Hall–Kier alpha value is -2.86. The second-order valence-electron chi connectivity index (χ2n) is 6.47. The lowest BCUT2D eigenvalue weighted by molar-refractivity contribution is 0.0303. The summed E-state index contributed by atoms with van der Waals surface area (Å²) < 4.78 is 5.32. The van der Waals surface area contributed by atoms with Crippen LogP contribution in [0.3, 0.4) is 0 Å². The zero-order valence-corrected chi connectivity index (χ0v) is 15.0. The van der Waals surface area contributed by atoms with Gasteiger partial charge in [-0.05, 0) is 30.2 Å². The molecule has 134 valence electrons. The summed E-state index contributed by atoms with van der Waals surface area (Å²) in [7, 11) is 1.92. The van der Waals surface area contributed by atoms with Crippen molar-refractivity contribution in [1.29, 1.82) is 0 Å². The van der Waals surface area contributed by atoms with E-state index in [-0.39, 0.29) is 5.91 Å². The Balaban J connectivity index is 1.67. The maximum atomic E-state index is 12.6. The van der Waals surface area contributed by atoms with Crippen LogP contribution in [0.25, 0.3) is 22.2 Å². The predicted octanol–water partition coefficient (Wildman–Crippen LogP) is 3.05. The first-order valence-electron chi connectivity index (χ1n) is 8.81. The maximum absolute atomic E-state index is 12.6. The fourth-order valence-electron chi connectivity index (χ4n) is 3.47. The number of aromatic nitrogens is 2. The SMILES string of the molecule is CNc1c(-c2ccc(C(=O)N3CCOCC3)cc2)cnc2[nH]cc(C)c12.